The summed E-state index contributed by atoms with van der Waals surface area (Å²) in [4.78, 5) is 28.1. The van der Waals surface area contributed by atoms with E-state index in [0.29, 0.717) is 45.2 Å². The maximum Gasteiger partial charge on any atom is 0.410 e. The smallest absolute Gasteiger partial charge is 0.410 e. The van der Waals surface area contributed by atoms with Crippen molar-refractivity contribution in [2.45, 2.75) is 82.9 Å². The van der Waals surface area contributed by atoms with Crippen LogP contribution in [0.1, 0.15) is 51.5 Å². The van der Waals surface area contributed by atoms with Crippen molar-refractivity contribution in [3.05, 3.63) is 29.3 Å². The predicted molar refractivity (Wildman–Crippen MR) is 162 cm³/mol. The quantitative estimate of drug-likeness (QED) is 0.159. The summed E-state index contributed by atoms with van der Waals surface area (Å²) in [6, 6.07) is 2.22. The molecule has 0 aromatic heterocycles. The SMILES string of the molecule is CC(C)OC(=O)N1CCC2(CCC2CCOc2cc(F)c(CC(=O)N3CC(CNCC(O)C(O)C(O)C(O)CO)C3)c(F)c2)CC1. The molecule has 3 fully saturated rings. The Bertz CT molecular complexity index is 1150. The number of hydrogen-bond donors (Lipinski definition) is 6. The molecule has 2 saturated heterocycles. The summed E-state index contributed by atoms with van der Waals surface area (Å²) >= 11 is 0. The van der Waals surface area contributed by atoms with Gasteiger partial charge in [0.05, 0.1) is 31.8 Å². The summed E-state index contributed by atoms with van der Waals surface area (Å²) < 4.78 is 40.8. The van der Waals surface area contributed by atoms with E-state index in [-0.39, 0.29) is 41.4 Å². The highest BCUT2D eigenvalue weighted by Crippen LogP contribution is 2.55. The summed E-state index contributed by atoms with van der Waals surface area (Å²) in [7, 11) is 0. The Balaban J connectivity index is 1.15. The van der Waals surface area contributed by atoms with E-state index in [1.54, 1.807) is 4.90 Å². The van der Waals surface area contributed by atoms with Gasteiger partial charge in [0.25, 0.3) is 0 Å². The van der Waals surface area contributed by atoms with Crippen molar-refractivity contribution < 1.29 is 53.4 Å². The van der Waals surface area contributed by atoms with E-state index < -0.39 is 55.0 Å². The van der Waals surface area contributed by atoms with Crippen molar-refractivity contribution in [3.63, 3.8) is 0 Å². The van der Waals surface area contributed by atoms with Crippen LogP contribution in [0.3, 0.4) is 0 Å². The Labute approximate surface area is 268 Å². The maximum atomic E-state index is 14.9. The second-order valence-electron chi connectivity index (χ2n) is 13.3. The topological polar surface area (TPSA) is 172 Å². The molecule has 1 saturated carbocycles. The van der Waals surface area contributed by atoms with E-state index in [0.717, 1.165) is 44.2 Å². The number of benzene rings is 1. The molecular formula is C32H49F2N3O9. The Morgan fingerprint density at radius 3 is 2.20 bits per heavy atom. The number of carbonyl (C=O) groups excluding carboxylic acids is 2. The fourth-order valence-electron chi connectivity index (χ4n) is 6.71. The lowest BCUT2D eigenvalue weighted by molar-refractivity contribution is -0.136. The molecule has 1 aromatic rings. The minimum Gasteiger partial charge on any atom is -0.493 e. The van der Waals surface area contributed by atoms with E-state index in [4.69, 9.17) is 14.6 Å². The first-order chi connectivity index (χ1) is 21.8. The van der Waals surface area contributed by atoms with Crippen molar-refractivity contribution >= 4 is 12.0 Å². The fraction of sp³-hybridized carbons (Fsp3) is 0.750. The van der Waals surface area contributed by atoms with Crippen LogP contribution in [0.5, 0.6) is 5.75 Å². The number of aliphatic hydroxyl groups is 5. The third kappa shape index (κ3) is 8.84. The second-order valence-corrected chi connectivity index (χ2v) is 13.3. The molecule has 4 rings (SSSR count). The number of piperidine rings is 1. The van der Waals surface area contributed by atoms with Crippen LogP contribution < -0.4 is 10.1 Å². The molecule has 2 aliphatic heterocycles. The summed E-state index contributed by atoms with van der Waals surface area (Å²) in [5.74, 6) is -1.58. The first-order valence-electron chi connectivity index (χ1n) is 16.2. The average Bonchev–Trinajstić information content (AvgIpc) is 2.99. The molecule has 14 heteroatoms. The number of carbonyl (C=O) groups is 2. The molecule has 2 amide bonds. The van der Waals surface area contributed by atoms with Crippen molar-refractivity contribution in [3.8, 4) is 5.75 Å². The van der Waals surface area contributed by atoms with E-state index in [2.05, 4.69) is 5.32 Å². The molecule has 0 radical (unpaired) electrons. The van der Waals surface area contributed by atoms with Crippen molar-refractivity contribution in [1.82, 2.24) is 15.1 Å². The Morgan fingerprint density at radius 2 is 1.63 bits per heavy atom. The molecule has 3 aliphatic rings. The van der Waals surface area contributed by atoms with Crippen LogP contribution in [-0.4, -0.2) is 130 Å². The van der Waals surface area contributed by atoms with Crippen molar-refractivity contribution in [1.29, 1.82) is 0 Å². The van der Waals surface area contributed by atoms with E-state index >= 15 is 0 Å². The van der Waals surface area contributed by atoms with Gasteiger partial charge < -0.3 is 50.1 Å². The lowest BCUT2D eigenvalue weighted by Crippen LogP contribution is -2.55. The molecular weight excluding hydrogens is 608 g/mol. The predicted octanol–water partition coefficient (Wildman–Crippen LogP) is 0.797. The molecule has 5 atom stereocenters. The summed E-state index contributed by atoms with van der Waals surface area (Å²) in [5.41, 5.74) is -0.149. The number of amides is 2. The number of aliphatic hydroxyl groups excluding tert-OH is 5. The van der Waals surface area contributed by atoms with Gasteiger partial charge in [-0.25, -0.2) is 13.6 Å². The third-order valence-electron chi connectivity index (χ3n) is 9.81. The highest BCUT2D eigenvalue weighted by atomic mass is 19.1. The van der Waals surface area contributed by atoms with Crippen LogP contribution in [0.4, 0.5) is 13.6 Å². The number of ether oxygens (including phenoxy) is 2. The van der Waals surface area contributed by atoms with Gasteiger partial charge in [-0.05, 0) is 57.3 Å². The molecule has 1 aromatic carbocycles. The molecule has 2 heterocycles. The molecule has 5 unspecified atom stereocenters. The zero-order chi connectivity index (χ0) is 33.6. The van der Waals surface area contributed by atoms with Gasteiger partial charge in [-0.1, -0.05) is 0 Å². The van der Waals surface area contributed by atoms with Crippen LogP contribution in [0.15, 0.2) is 12.1 Å². The standard InChI is InChI=1S/C32H49F2N3O9/c1-19(2)46-31(44)36-8-6-32(7-9-36)5-3-21(32)4-10-45-22-11-24(33)23(25(34)12-22)13-28(41)37-16-20(17-37)14-35-15-26(39)29(42)30(43)27(40)18-38/h11-12,19-21,26-27,29-30,35,38-40,42-43H,3-10,13-18H2,1-2H3. The normalized spacial score (nSPS) is 22.2. The first-order valence-corrected chi connectivity index (χ1v) is 16.2. The van der Waals surface area contributed by atoms with Gasteiger partial charge in [0.2, 0.25) is 5.91 Å². The number of likely N-dealkylation sites (tertiary alicyclic amines) is 2. The van der Waals surface area contributed by atoms with Gasteiger partial charge in [-0.3, -0.25) is 4.79 Å². The van der Waals surface area contributed by atoms with Crippen molar-refractivity contribution in [2.24, 2.45) is 17.3 Å². The van der Waals surface area contributed by atoms with Crippen LogP contribution in [0.2, 0.25) is 0 Å². The van der Waals surface area contributed by atoms with Gasteiger partial charge in [-0.15, -0.1) is 0 Å². The minimum absolute atomic E-state index is 0.0236. The third-order valence-corrected chi connectivity index (χ3v) is 9.81. The van der Waals surface area contributed by atoms with Gasteiger partial charge in [0.1, 0.15) is 35.7 Å². The van der Waals surface area contributed by atoms with E-state index in [9.17, 15) is 38.8 Å². The summed E-state index contributed by atoms with van der Waals surface area (Å²) in [5, 5.41) is 50.7. The molecule has 46 heavy (non-hydrogen) atoms. The number of halogens is 2. The molecule has 12 nitrogen and oxygen atoms in total. The maximum absolute atomic E-state index is 14.9. The van der Waals surface area contributed by atoms with Gasteiger partial charge in [-0.2, -0.15) is 0 Å². The molecule has 260 valence electrons. The number of nitrogens with zero attached hydrogens (tertiary/aromatic N) is 2. The minimum atomic E-state index is -1.71. The molecule has 1 spiro atoms. The number of hydrogen-bond acceptors (Lipinski definition) is 10. The highest BCUT2D eigenvalue weighted by Gasteiger charge is 2.48. The van der Waals surface area contributed by atoms with Crippen LogP contribution >= 0.6 is 0 Å². The highest BCUT2D eigenvalue weighted by molar-refractivity contribution is 5.79. The lowest BCUT2D eigenvalue weighted by Gasteiger charge is -2.54. The van der Waals surface area contributed by atoms with Crippen LogP contribution in [-0.2, 0) is 16.0 Å². The molecule has 1 aliphatic carbocycles. The Kier molecular flexibility index (Phi) is 12.6. The van der Waals surface area contributed by atoms with Crippen LogP contribution in [0, 0.1) is 28.9 Å². The summed E-state index contributed by atoms with van der Waals surface area (Å²) in [6.45, 7) is 5.52. The fourth-order valence-corrected chi connectivity index (χ4v) is 6.71. The van der Waals surface area contributed by atoms with E-state index in [1.165, 1.54) is 4.90 Å². The monoisotopic (exact) mass is 657 g/mol. The zero-order valence-corrected chi connectivity index (χ0v) is 26.6. The number of nitrogens with one attached hydrogen (secondary N) is 1. The number of rotatable bonds is 15. The van der Waals surface area contributed by atoms with Crippen molar-refractivity contribution in [2.75, 3.05) is 52.5 Å². The van der Waals surface area contributed by atoms with Crippen LogP contribution in [0.25, 0.3) is 0 Å². The van der Waals surface area contributed by atoms with Gasteiger partial charge >= 0.3 is 6.09 Å². The zero-order valence-electron chi connectivity index (χ0n) is 26.6. The second kappa shape index (κ2) is 16.0. The molecule has 0 bridgehead atoms. The summed E-state index contributed by atoms with van der Waals surface area (Å²) in [6.07, 6.45) is -2.49. The van der Waals surface area contributed by atoms with Gasteiger partial charge in [0.15, 0.2) is 0 Å². The Morgan fingerprint density at radius 1 is 1.00 bits per heavy atom. The first kappa shape index (κ1) is 36.2. The molecule has 6 N–H and O–H groups in total. The lowest BCUT2D eigenvalue weighted by atomic mass is 9.55. The van der Waals surface area contributed by atoms with Gasteiger partial charge in [0, 0.05) is 62.9 Å². The Hall–Kier alpha value is -2.62. The average molecular weight is 658 g/mol. The largest absolute Gasteiger partial charge is 0.493 e. The van der Waals surface area contributed by atoms with E-state index in [1.807, 2.05) is 13.8 Å².